The summed E-state index contributed by atoms with van der Waals surface area (Å²) in [5, 5.41) is 0. The van der Waals surface area contributed by atoms with Crippen molar-refractivity contribution in [2.45, 2.75) is 25.7 Å². The number of esters is 1. The van der Waals surface area contributed by atoms with Gasteiger partial charge in [0, 0.05) is 19.3 Å². The highest BCUT2D eigenvalue weighted by Gasteiger charge is 1.95. The maximum absolute atomic E-state index is 10.6. The van der Waals surface area contributed by atoms with Crippen molar-refractivity contribution >= 4 is 12.3 Å². The van der Waals surface area contributed by atoms with Gasteiger partial charge in [0.25, 0.3) is 0 Å². The average Bonchev–Trinajstić information content (AvgIpc) is 2.10. The van der Waals surface area contributed by atoms with E-state index in [1.54, 1.807) is 0 Å². The van der Waals surface area contributed by atoms with Gasteiger partial charge in [0.15, 0.2) is 0 Å². The molecule has 0 N–H and O–H groups in total. The van der Waals surface area contributed by atoms with Gasteiger partial charge in [-0.25, -0.2) is 0 Å². The normalized spacial score (nSPS) is 8.08. The van der Waals surface area contributed by atoms with Crippen molar-refractivity contribution in [2.24, 2.45) is 0 Å². The summed E-state index contributed by atoms with van der Waals surface area (Å²) in [4.78, 5) is 20.4. The fourth-order valence-electron chi connectivity index (χ4n) is 0.574. The lowest BCUT2D eigenvalue weighted by Gasteiger charge is -1.91. The number of carbonyl (C=O) groups excluding carboxylic acids is 2. The first kappa shape index (κ1) is 10.7. The van der Waals surface area contributed by atoms with Gasteiger partial charge in [-0.05, 0) is 0 Å². The Hall–Kier alpha value is -1.30. The highest BCUT2D eigenvalue weighted by atomic mass is 16.5. The van der Waals surface area contributed by atoms with Crippen molar-refractivity contribution in [1.82, 2.24) is 0 Å². The molecule has 3 heteroatoms. The number of carbonyl (C=O) groups is 2. The minimum atomic E-state index is -0.250. The molecule has 12 heavy (non-hydrogen) atoms. The molecule has 0 aromatic rings. The minimum absolute atomic E-state index is 0.250. The Morgan fingerprint density at radius 3 is 2.67 bits per heavy atom. The molecule has 0 bridgehead atoms. The van der Waals surface area contributed by atoms with Crippen LogP contribution in [0.1, 0.15) is 25.7 Å². The van der Waals surface area contributed by atoms with E-state index in [4.69, 9.17) is 0 Å². The first-order valence-corrected chi connectivity index (χ1v) is 3.77. The van der Waals surface area contributed by atoms with Crippen LogP contribution < -0.4 is 0 Å². The maximum Gasteiger partial charge on any atom is 0.306 e. The molecule has 0 saturated heterocycles. The SMILES string of the molecule is COC(=O)CCC#CCCC=O. The van der Waals surface area contributed by atoms with Crippen LogP contribution in [0.25, 0.3) is 0 Å². The Balaban J connectivity index is 3.32. The van der Waals surface area contributed by atoms with Gasteiger partial charge in [-0.1, -0.05) is 0 Å². The second kappa shape index (κ2) is 7.80. The summed E-state index contributed by atoms with van der Waals surface area (Å²) in [7, 11) is 1.35. The number of hydrogen-bond donors (Lipinski definition) is 0. The molecule has 0 unspecified atom stereocenters. The Kier molecular flexibility index (Phi) is 6.96. The summed E-state index contributed by atoms with van der Waals surface area (Å²) >= 11 is 0. The standard InChI is InChI=1S/C9H12O3/c1-12-9(11)7-5-3-2-4-6-8-10/h8H,4-7H2,1H3. The molecule has 0 heterocycles. The topological polar surface area (TPSA) is 43.4 Å². The predicted molar refractivity (Wildman–Crippen MR) is 44.3 cm³/mol. The quantitative estimate of drug-likeness (QED) is 0.271. The largest absolute Gasteiger partial charge is 0.469 e. The van der Waals surface area contributed by atoms with Crippen molar-refractivity contribution in [3.05, 3.63) is 0 Å². The average molecular weight is 168 g/mol. The van der Waals surface area contributed by atoms with E-state index in [9.17, 15) is 9.59 Å². The minimum Gasteiger partial charge on any atom is -0.469 e. The predicted octanol–water partition coefficient (Wildman–Crippen LogP) is 0.922. The molecule has 66 valence electrons. The van der Waals surface area contributed by atoms with Crippen molar-refractivity contribution in [3.63, 3.8) is 0 Å². The summed E-state index contributed by atoms with van der Waals surface area (Å²) < 4.78 is 4.42. The van der Waals surface area contributed by atoms with Crippen LogP contribution >= 0.6 is 0 Å². The molecule has 0 atom stereocenters. The van der Waals surface area contributed by atoms with Gasteiger partial charge in [0.05, 0.1) is 13.5 Å². The van der Waals surface area contributed by atoms with Crippen LogP contribution in [0.5, 0.6) is 0 Å². The fourth-order valence-corrected chi connectivity index (χ4v) is 0.574. The first-order valence-electron chi connectivity index (χ1n) is 3.77. The van der Waals surface area contributed by atoms with Crippen LogP contribution in [-0.2, 0) is 14.3 Å². The van der Waals surface area contributed by atoms with E-state index >= 15 is 0 Å². The molecule has 0 aliphatic rings. The molecular formula is C9H12O3. The van der Waals surface area contributed by atoms with Gasteiger partial charge < -0.3 is 9.53 Å². The van der Waals surface area contributed by atoms with Gasteiger partial charge in [-0.15, -0.1) is 11.8 Å². The van der Waals surface area contributed by atoms with Crippen molar-refractivity contribution < 1.29 is 14.3 Å². The Bertz CT molecular complexity index is 198. The monoisotopic (exact) mass is 168 g/mol. The Morgan fingerprint density at radius 2 is 2.08 bits per heavy atom. The lowest BCUT2D eigenvalue weighted by Crippen LogP contribution is -1.98. The first-order chi connectivity index (χ1) is 5.81. The lowest BCUT2D eigenvalue weighted by atomic mass is 10.3. The lowest BCUT2D eigenvalue weighted by molar-refractivity contribution is -0.140. The van der Waals surface area contributed by atoms with Crippen molar-refractivity contribution in [3.8, 4) is 11.8 Å². The summed E-state index contributed by atoms with van der Waals surface area (Å²) in [6.45, 7) is 0. The van der Waals surface area contributed by atoms with Gasteiger partial charge in [-0.3, -0.25) is 4.79 Å². The molecule has 0 fully saturated rings. The molecule has 0 aliphatic heterocycles. The van der Waals surface area contributed by atoms with E-state index in [2.05, 4.69) is 16.6 Å². The molecule has 0 spiro atoms. The number of rotatable bonds is 4. The second-order valence-electron chi connectivity index (χ2n) is 2.14. The molecule has 0 amide bonds. The van der Waals surface area contributed by atoms with Gasteiger partial charge >= 0.3 is 5.97 Å². The zero-order valence-corrected chi connectivity index (χ0v) is 7.13. The van der Waals surface area contributed by atoms with Crippen LogP contribution in [0.3, 0.4) is 0 Å². The molecule has 0 radical (unpaired) electrons. The molecule has 3 nitrogen and oxygen atoms in total. The molecule has 0 aromatic heterocycles. The highest BCUT2D eigenvalue weighted by Crippen LogP contribution is 1.89. The van der Waals surface area contributed by atoms with Crippen LogP contribution in [0, 0.1) is 11.8 Å². The molecule has 0 saturated carbocycles. The molecular weight excluding hydrogens is 156 g/mol. The third kappa shape index (κ3) is 6.81. The zero-order chi connectivity index (χ0) is 9.23. The van der Waals surface area contributed by atoms with Crippen LogP contribution in [-0.4, -0.2) is 19.4 Å². The number of hydrogen-bond acceptors (Lipinski definition) is 3. The van der Waals surface area contributed by atoms with E-state index in [1.807, 2.05) is 0 Å². The third-order valence-electron chi connectivity index (χ3n) is 1.19. The molecule has 0 aromatic carbocycles. The van der Waals surface area contributed by atoms with Gasteiger partial charge in [-0.2, -0.15) is 0 Å². The van der Waals surface area contributed by atoms with Crippen LogP contribution in [0.4, 0.5) is 0 Å². The number of ether oxygens (including phenoxy) is 1. The Labute approximate surface area is 72.1 Å². The fraction of sp³-hybridized carbons (Fsp3) is 0.556. The maximum atomic E-state index is 10.6. The highest BCUT2D eigenvalue weighted by molar-refractivity contribution is 5.69. The van der Waals surface area contributed by atoms with Crippen molar-refractivity contribution in [1.29, 1.82) is 0 Å². The van der Waals surface area contributed by atoms with Crippen LogP contribution in [0.15, 0.2) is 0 Å². The summed E-state index contributed by atoms with van der Waals surface area (Å²) in [5.74, 6) is 5.30. The third-order valence-corrected chi connectivity index (χ3v) is 1.19. The number of unbranched alkanes of at least 4 members (excludes halogenated alkanes) is 1. The summed E-state index contributed by atoms with van der Waals surface area (Å²) in [6.07, 6.45) is 2.70. The van der Waals surface area contributed by atoms with Crippen LogP contribution in [0.2, 0.25) is 0 Å². The molecule has 0 aliphatic carbocycles. The second-order valence-corrected chi connectivity index (χ2v) is 2.14. The van der Waals surface area contributed by atoms with E-state index in [-0.39, 0.29) is 5.97 Å². The number of aldehydes is 1. The Morgan fingerprint density at radius 1 is 1.42 bits per heavy atom. The van der Waals surface area contributed by atoms with Gasteiger partial charge in [0.1, 0.15) is 6.29 Å². The van der Waals surface area contributed by atoms with Gasteiger partial charge in [0.2, 0.25) is 0 Å². The van der Waals surface area contributed by atoms with E-state index in [1.165, 1.54) is 7.11 Å². The number of methoxy groups -OCH3 is 1. The smallest absolute Gasteiger partial charge is 0.306 e. The zero-order valence-electron chi connectivity index (χ0n) is 7.13. The molecule has 0 rings (SSSR count). The summed E-state index contributed by atoms with van der Waals surface area (Å²) in [6, 6.07) is 0. The van der Waals surface area contributed by atoms with Crippen molar-refractivity contribution in [2.75, 3.05) is 7.11 Å². The summed E-state index contributed by atoms with van der Waals surface area (Å²) in [5.41, 5.74) is 0. The van der Waals surface area contributed by atoms with E-state index in [0.29, 0.717) is 25.7 Å². The van der Waals surface area contributed by atoms with E-state index in [0.717, 1.165) is 6.29 Å². The van der Waals surface area contributed by atoms with E-state index < -0.39 is 0 Å².